The van der Waals surface area contributed by atoms with Gasteiger partial charge in [-0.1, -0.05) is 0 Å². The Labute approximate surface area is 181 Å². The smallest absolute Gasteiger partial charge is 0.240 e. The highest BCUT2D eigenvalue weighted by molar-refractivity contribution is 7.89. The van der Waals surface area contributed by atoms with Gasteiger partial charge in [0.15, 0.2) is 5.82 Å². The van der Waals surface area contributed by atoms with Crippen LogP contribution in [0.3, 0.4) is 0 Å². The molecule has 3 rings (SSSR count). The van der Waals surface area contributed by atoms with E-state index in [9.17, 15) is 8.42 Å². The molecule has 0 fully saturated rings. The molecule has 0 aliphatic carbocycles. The van der Waals surface area contributed by atoms with E-state index in [1.807, 2.05) is 26.0 Å². The number of aryl methyl sites for hydroxylation is 2. The number of benzene rings is 1. The van der Waals surface area contributed by atoms with Gasteiger partial charge in [0.25, 0.3) is 0 Å². The van der Waals surface area contributed by atoms with Crippen molar-refractivity contribution in [1.29, 1.82) is 5.26 Å². The molecule has 0 radical (unpaired) electrons. The Morgan fingerprint density at radius 2 is 1.97 bits per heavy atom. The van der Waals surface area contributed by atoms with Gasteiger partial charge in [0, 0.05) is 25.4 Å². The van der Waals surface area contributed by atoms with Crippen LogP contribution in [-0.4, -0.2) is 36.1 Å². The molecule has 0 amide bonds. The van der Waals surface area contributed by atoms with E-state index in [1.54, 1.807) is 0 Å². The summed E-state index contributed by atoms with van der Waals surface area (Å²) in [5.41, 5.74) is 8.83. The molecule has 0 bridgehead atoms. The first kappa shape index (κ1) is 22.7. The van der Waals surface area contributed by atoms with Gasteiger partial charge >= 0.3 is 0 Å². The zero-order chi connectivity index (χ0) is 22.4. The van der Waals surface area contributed by atoms with Crippen molar-refractivity contribution < 1.29 is 13.2 Å². The summed E-state index contributed by atoms with van der Waals surface area (Å²) in [6.07, 6.45) is 1.38. The molecule has 2 heterocycles. The highest BCUT2D eigenvalue weighted by Gasteiger charge is 2.15. The van der Waals surface area contributed by atoms with Crippen molar-refractivity contribution in [2.24, 2.45) is 0 Å². The first-order valence-corrected chi connectivity index (χ1v) is 11.5. The van der Waals surface area contributed by atoms with Crippen LogP contribution in [-0.2, 0) is 27.9 Å². The molecule has 0 spiro atoms. The van der Waals surface area contributed by atoms with Gasteiger partial charge in [-0.05, 0) is 57.0 Å². The van der Waals surface area contributed by atoms with Gasteiger partial charge in [-0.15, -0.1) is 0 Å². The summed E-state index contributed by atoms with van der Waals surface area (Å²) in [5, 5.41) is 8.83. The monoisotopic (exact) mass is 442 g/mol. The second-order valence-corrected chi connectivity index (χ2v) is 8.84. The van der Waals surface area contributed by atoms with E-state index in [0.717, 1.165) is 23.5 Å². The molecule has 10 heteroatoms. The van der Waals surface area contributed by atoms with E-state index in [2.05, 4.69) is 19.3 Å². The van der Waals surface area contributed by atoms with E-state index in [-0.39, 0.29) is 4.90 Å². The molecule has 0 saturated heterocycles. The van der Waals surface area contributed by atoms with E-state index < -0.39 is 10.0 Å². The molecule has 0 aliphatic heterocycles. The molecule has 0 unspecified atom stereocenters. The molecule has 3 N–H and O–H groups in total. The molecule has 164 valence electrons. The van der Waals surface area contributed by atoms with Crippen molar-refractivity contribution in [3.8, 4) is 6.07 Å². The Kier molecular flexibility index (Phi) is 7.22. The standard InChI is InChI=1S/C21H26N6O3S/c1-3-30-14-19-26-20-18(12-15(2)25-21(20)23)27(19)11-5-4-10-24-31(28,29)17-8-6-16(13-22)7-9-17/h6-9,12,24H,3-5,10-11,14H2,1-2H3,(H2,23,25). The van der Waals surface area contributed by atoms with Crippen LogP contribution < -0.4 is 10.5 Å². The first-order chi connectivity index (χ1) is 14.9. The maximum atomic E-state index is 12.4. The molecule has 31 heavy (non-hydrogen) atoms. The van der Waals surface area contributed by atoms with Crippen LogP contribution >= 0.6 is 0 Å². The number of aromatic nitrogens is 3. The molecule has 0 saturated carbocycles. The number of nitrogens with two attached hydrogens (primary N) is 1. The Hall–Kier alpha value is -3.00. The highest BCUT2D eigenvalue weighted by atomic mass is 32.2. The number of nitriles is 1. The van der Waals surface area contributed by atoms with Crippen LogP contribution in [0, 0.1) is 18.3 Å². The predicted octanol–water partition coefficient (Wildman–Crippen LogP) is 2.49. The van der Waals surface area contributed by atoms with E-state index in [0.29, 0.717) is 49.6 Å². The number of sulfonamides is 1. The topological polar surface area (TPSA) is 136 Å². The van der Waals surface area contributed by atoms with Crippen LogP contribution in [0.4, 0.5) is 5.82 Å². The van der Waals surface area contributed by atoms with Crippen LogP contribution in [0.2, 0.25) is 0 Å². The molecule has 0 aliphatic rings. The second-order valence-electron chi connectivity index (χ2n) is 7.07. The summed E-state index contributed by atoms with van der Waals surface area (Å²) in [6, 6.07) is 9.75. The molecule has 3 aromatic rings. The van der Waals surface area contributed by atoms with Gasteiger partial charge in [-0.3, -0.25) is 0 Å². The fourth-order valence-electron chi connectivity index (χ4n) is 3.27. The van der Waals surface area contributed by atoms with Crippen LogP contribution in [0.25, 0.3) is 11.0 Å². The van der Waals surface area contributed by atoms with E-state index in [4.69, 9.17) is 15.7 Å². The number of anilines is 1. The summed E-state index contributed by atoms with van der Waals surface area (Å²) in [5.74, 6) is 1.16. The summed E-state index contributed by atoms with van der Waals surface area (Å²) in [6.45, 7) is 5.71. The summed E-state index contributed by atoms with van der Waals surface area (Å²) >= 11 is 0. The summed E-state index contributed by atoms with van der Waals surface area (Å²) in [7, 11) is -3.61. The number of hydrogen-bond acceptors (Lipinski definition) is 7. The maximum absolute atomic E-state index is 12.4. The van der Waals surface area contributed by atoms with Crippen molar-refractivity contribution in [3.05, 3.63) is 47.4 Å². The largest absolute Gasteiger partial charge is 0.382 e. The minimum Gasteiger partial charge on any atom is -0.382 e. The van der Waals surface area contributed by atoms with Crippen molar-refractivity contribution in [3.63, 3.8) is 0 Å². The van der Waals surface area contributed by atoms with E-state index in [1.165, 1.54) is 24.3 Å². The fraction of sp³-hybridized carbons (Fsp3) is 0.381. The SMILES string of the molecule is CCOCc1nc2c(N)nc(C)cc2n1CCCCNS(=O)(=O)c1ccc(C#N)cc1. The third kappa shape index (κ3) is 5.38. The average Bonchev–Trinajstić information content (AvgIpc) is 3.09. The first-order valence-electron chi connectivity index (χ1n) is 10.1. The summed E-state index contributed by atoms with van der Waals surface area (Å²) < 4.78 is 35.0. The number of fused-ring (bicyclic) bond motifs is 1. The average molecular weight is 443 g/mol. The number of unbranched alkanes of at least 4 members (excludes halogenated alkanes) is 1. The van der Waals surface area contributed by atoms with Crippen molar-refractivity contribution in [1.82, 2.24) is 19.3 Å². The van der Waals surface area contributed by atoms with Gasteiger partial charge in [0.1, 0.15) is 17.9 Å². The number of nitrogens with one attached hydrogen (secondary N) is 1. The Morgan fingerprint density at radius 1 is 1.23 bits per heavy atom. The number of ether oxygens (including phenoxy) is 1. The molecular formula is C21H26N6O3S. The predicted molar refractivity (Wildman–Crippen MR) is 118 cm³/mol. The Bertz CT molecular complexity index is 1200. The molecular weight excluding hydrogens is 416 g/mol. The lowest BCUT2D eigenvalue weighted by molar-refractivity contribution is 0.126. The van der Waals surface area contributed by atoms with E-state index >= 15 is 0 Å². The number of imidazole rings is 1. The number of nitrogen functional groups attached to an aromatic ring is 1. The van der Waals surface area contributed by atoms with Gasteiger partial charge in [0.05, 0.1) is 22.0 Å². The normalized spacial score (nSPS) is 11.6. The number of hydrogen-bond donors (Lipinski definition) is 2. The number of pyridine rings is 1. The fourth-order valence-corrected chi connectivity index (χ4v) is 4.34. The van der Waals surface area contributed by atoms with Gasteiger partial charge in [-0.25, -0.2) is 23.1 Å². The third-order valence-electron chi connectivity index (χ3n) is 4.80. The molecule has 0 atom stereocenters. The lowest BCUT2D eigenvalue weighted by Crippen LogP contribution is -2.25. The van der Waals surface area contributed by atoms with Crippen LogP contribution in [0.15, 0.2) is 35.2 Å². The minimum atomic E-state index is -3.61. The van der Waals surface area contributed by atoms with Crippen molar-refractivity contribution in [2.45, 2.75) is 44.7 Å². The van der Waals surface area contributed by atoms with Crippen LogP contribution in [0.1, 0.15) is 36.8 Å². The lowest BCUT2D eigenvalue weighted by atomic mass is 10.2. The molecule has 2 aromatic heterocycles. The van der Waals surface area contributed by atoms with Crippen molar-refractivity contribution in [2.75, 3.05) is 18.9 Å². The zero-order valence-electron chi connectivity index (χ0n) is 17.6. The third-order valence-corrected chi connectivity index (χ3v) is 6.28. The second kappa shape index (κ2) is 9.87. The van der Waals surface area contributed by atoms with Crippen molar-refractivity contribution >= 4 is 26.9 Å². The van der Waals surface area contributed by atoms with Crippen LogP contribution in [0.5, 0.6) is 0 Å². The maximum Gasteiger partial charge on any atom is 0.240 e. The van der Waals surface area contributed by atoms with Gasteiger partial charge < -0.3 is 15.0 Å². The highest BCUT2D eigenvalue weighted by Crippen LogP contribution is 2.23. The Morgan fingerprint density at radius 3 is 2.65 bits per heavy atom. The number of rotatable bonds is 10. The zero-order valence-corrected chi connectivity index (χ0v) is 18.4. The lowest BCUT2D eigenvalue weighted by Gasteiger charge is -2.10. The quantitative estimate of drug-likeness (QED) is 0.460. The Balaban J connectivity index is 1.64. The molecule has 9 nitrogen and oxygen atoms in total. The summed E-state index contributed by atoms with van der Waals surface area (Å²) in [4.78, 5) is 9.02. The molecule has 1 aromatic carbocycles. The number of nitrogens with zero attached hydrogens (tertiary/aromatic N) is 4. The van der Waals surface area contributed by atoms with Gasteiger partial charge in [0.2, 0.25) is 10.0 Å². The minimum absolute atomic E-state index is 0.143. The van der Waals surface area contributed by atoms with Gasteiger partial charge in [-0.2, -0.15) is 5.26 Å².